The van der Waals surface area contributed by atoms with Crippen molar-refractivity contribution in [1.82, 2.24) is 25.1 Å². The number of para-hydroxylation sites is 1. The van der Waals surface area contributed by atoms with Gasteiger partial charge in [-0.25, -0.2) is 0 Å². The average molecular weight is 477 g/mol. The number of dihydropyridines is 1. The van der Waals surface area contributed by atoms with Gasteiger partial charge in [-0.2, -0.15) is 0 Å². The standard InChI is InChI=1S/C25H25ClN6O2/c1-2-34-18-10-11-20(28-15-18)24-31-30-23(32(24)22-9-4-3-7-19(22)26)16-13-17(14-16)29-25(33)21-8-5-6-12-27-21/h3-12,16-18H,2,13-15H2,1H3,(H,29,33). The van der Waals surface area contributed by atoms with Crippen molar-refractivity contribution in [2.75, 3.05) is 13.2 Å². The lowest BCUT2D eigenvalue weighted by atomic mass is 9.79. The number of pyridine rings is 1. The Morgan fingerprint density at radius 3 is 2.71 bits per heavy atom. The molecule has 5 rings (SSSR count). The number of carbonyl (C=O) groups excluding carboxylic acids is 1. The molecule has 1 N–H and O–H groups in total. The van der Waals surface area contributed by atoms with E-state index in [0.29, 0.717) is 29.7 Å². The van der Waals surface area contributed by atoms with Crippen LogP contribution in [0.3, 0.4) is 0 Å². The number of rotatable bonds is 7. The van der Waals surface area contributed by atoms with E-state index in [1.54, 1.807) is 24.4 Å². The lowest BCUT2D eigenvalue weighted by Gasteiger charge is -2.35. The van der Waals surface area contributed by atoms with Crippen LogP contribution >= 0.6 is 11.6 Å². The van der Waals surface area contributed by atoms with E-state index in [9.17, 15) is 4.79 Å². The van der Waals surface area contributed by atoms with Crippen LogP contribution in [0.5, 0.6) is 0 Å². The molecule has 3 aromatic rings. The first-order chi connectivity index (χ1) is 16.6. The number of allylic oxidation sites excluding steroid dienone is 1. The molecule has 0 radical (unpaired) electrons. The second-order valence-electron chi connectivity index (χ2n) is 8.30. The van der Waals surface area contributed by atoms with Crippen LogP contribution in [0.2, 0.25) is 5.02 Å². The molecule has 0 bridgehead atoms. The summed E-state index contributed by atoms with van der Waals surface area (Å²) in [5.41, 5.74) is 1.97. The van der Waals surface area contributed by atoms with E-state index < -0.39 is 0 Å². The molecule has 0 saturated heterocycles. The highest BCUT2D eigenvalue weighted by Gasteiger charge is 2.36. The molecule has 1 aromatic carbocycles. The van der Waals surface area contributed by atoms with Gasteiger partial charge in [0.25, 0.3) is 5.91 Å². The van der Waals surface area contributed by atoms with Crippen molar-refractivity contribution in [2.24, 2.45) is 4.99 Å². The molecule has 2 aromatic heterocycles. The van der Waals surface area contributed by atoms with Crippen LogP contribution in [-0.4, -0.2) is 56.7 Å². The van der Waals surface area contributed by atoms with Gasteiger partial charge in [0.05, 0.1) is 23.4 Å². The minimum absolute atomic E-state index is 0.0278. The molecule has 1 fully saturated rings. The van der Waals surface area contributed by atoms with Crippen LogP contribution in [-0.2, 0) is 4.74 Å². The van der Waals surface area contributed by atoms with Gasteiger partial charge in [0.2, 0.25) is 0 Å². The summed E-state index contributed by atoms with van der Waals surface area (Å²) in [6, 6.07) is 13.0. The highest BCUT2D eigenvalue weighted by atomic mass is 35.5. The van der Waals surface area contributed by atoms with Crippen molar-refractivity contribution in [1.29, 1.82) is 0 Å². The Kier molecular flexibility index (Phi) is 6.51. The number of aromatic nitrogens is 4. The molecule has 1 aliphatic carbocycles. The summed E-state index contributed by atoms with van der Waals surface area (Å²) in [6.07, 6.45) is 7.04. The minimum Gasteiger partial charge on any atom is -0.372 e. The SMILES string of the molecule is CCOC1C=CC(c2nnc(C3CC(NC(=O)c4ccccn4)C3)n2-c2ccccc2Cl)=NC1. The van der Waals surface area contributed by atoms with Crippen LogP contribution in [0.1, 0.15) is 47.8 Å². The Morgan fingerprint density at radius 1 is 1.18 bits per heavy atom. The number of halogens is 1. The van der Waals surface area contributed by atoms with Crippen molar-refractivity contribution >= 4 is 23.2 Å². The van der Waals surface area contributed by atoms with Crippen LogP contribution in [0.15, 0.2) is 65.8 Å². The van der Waals surface area contributed by atoms with Gasteiger partial charge in [-0.05, 0) is 50.1 Å². The summed E-state index contributed by atoms with van der Waals surface area (Å²) in [5, 5.41) is 12.7. The first kappa shape index (κ1) is 22.4. The van der Waals surface area contributed by atoms with Gasteiger partial charge in [-0.1, -0.05) is 35.9 Å². The largest absolute Gasteiger partial charge is 0.372 e. The van der Waals surface area contributed by atoms with E-state index in [1.165, 1.54) is 0 Å². The van der Waals surface area contributed by atoms with E-state index in [-0.39, 0.29) is 24.0 Å². The lowest BCUT2D eigenvalue weighted by molar-refractivity contribution is 0.0902. The van der Waals surface area contributed by atoms with E-state index in [0.717, 1.165) is 30.1 Å². The Labute approximate surface area is 202 Å². The molecule has 1 aliphatic heterocycles. The number of aliphatic imine (C=N–C) groups is 1. The number of benzene rings is 1. The number of hydrogen-bond donors (Lipinski definition) is 1. The maximum Gasteiger partial charge on any atom is 0.270 e. The van der Waals surface area contributed by atoms with Gasteiger partial charge in [0, 0.05) is 24.8 Å². The summed E-state index contributed by atoms with van der Waals surface area (Å²) in [6.45, 7) is 3.15. The third-order valence-corrected chi connectivity index (χ3v) is 6.36. The van der Waals surface area contributed by atoms with Crippen molar-refractivity contribution in [3.63, 3.8) is 0 Å². The number of hydrogen-bond acceptors (Lipinski definition) is 6. The van der Waals surface area contributed by atoms with Crippen LogP contribution in [0.25, 0.3) is 5.69 Å². The highest BCUT2D eigenvalue weighted by Crippen LogP contribution is 2.38. The maximum atomic E-state index is 12.4. The highest BCUT2D eigenvalue weighted by molar-refractivity contribution is 6.32. The Bertz CT molecular complexity index is 1230. The number of ether oxygens (including phenoxy) is 1. The molecule has 1 atom stereocenters. The minimum atomic E-state index is -0.164. The predicted octanol–water partition coefficient (Wildman–Crippen LogP) is 3.76. The second kappa shape index (κ2) is 9.87. The fourth-order valence-electron chi connectivity index (χ4n) is 4.27. The van der Waals surface area contributed by atoms with Crippen LogP contribution in [0.4, 0.5) is 0 Å². The molecular weight excluding hydrogens is 452 g/mol. The smallest absolute Gasteiger partial charge is 0.270 e. The Hall–Kier alpha value is -3.36. The van der Waals surface area contributed by atoms with E-state index >= 15 is 0 Å². The monoisotopic (exact) mass is 476 g/mol. The summed E-state index contributed by atoms with van der Waals surface area (Å²) in [7, 11) is 0. The number of carbonyl (C=O) groups is 1. The maximum absolute atomic E-state index is 12.4. The number of nitrogens with one attached hydrogen (secondary N) is 1. The van der Waals surface area contributed by atoms with Gasteiger partial charge in [0.1, 0.15) is 17.2 Å². The Balaban J connectivity index is 1.38. The molecule has 34 heavy (non-hydrogen) atoms. The topological polar surface area (TPSA) is 94.3 Å². The van der Waals surface area contributed by atoms with Gasteiger partial charge >= 0.3 is 0 Å². The zero-order chi connectivity index (χ0) is 23.5. The number of nitrogens with zero attached hydrogens (tertiary/aromatic N) is 5. The molecule has 3 heterocycles. The third-order valence-electron chi connectivity index (χ3n) is 6.04. The zero-order valence-corrected chi connectivity index (χ0v) is 19.5. The van der Waals surface area contributed by atoms with Crippen molar-refractivity contribution in [3.05, 3.63) is 83.2 Å². The molecule has 9 heteroatoms. The second-order valence-corrected chi connectivity index (χ2v) is 8.71. The molecule has 174 valence electrons. The molecule has 1 unspecified atom stereocenters. The van der Waals surface area contributed by atoms with E-state index in [4.69, 9.17) is 21.3 Å². The van der Waals surface area contributed by atoms with Crippen LogP contribution in [0, 0.1) is 0 Å². The molecule has 2 aliphatic rings. The third kappa shape index (κ3) is 4.51. The summed E-state index contributed by atoms with van der Waals surface area (Å²) in [4.78, 5) is 21.3. The van der Waals surface area contributed by atoms with E-state index in [2.05, 4.69) is 20.5 Å². The van der Waals surface area contributed by atoms with Gasteiger partial charge in [-0.15, -0.1) is 10.2 Å². The summed E-state index contributed by atoms with van der Waals surface area (Å²) >= 11 is 6.58. The van der Waals surface area contributed by atoms with Gasteiger partial charge < -0.3 is 10.1 Å². The predicted molar refractivity (Wildman–Crippen MR) is 130 cm³/mol. The molecule has 1 saturated carbocycles. The van der Waals surface area contributed by atoms with E-state index in [1.807, 2.05) is 47.9 Å². The molecule has 0 spiro atoms. The fourth-order valence-corrected chi connectivity index (χ4v) is 4.49. The van der Waals surface area contributed by atoms with Crippen molar-refractivity contribution in [3.8, 4) is 5.69 Å². The van der Waals surface area contributed by atoms with Crippen LogP contribution < -0.4 is 5.32 Å². The normalized spacial score (nSPS) is 21.6. The summed E-state index contributed by atoms with van der Waals surface area (Å²) < 4.78 is 7.64. The average Bonchev–Trinajstić information content (AvgIpc) is 3.26. The zero-order valence-electron chi connectivity index (χ0n) is 18.8. The van der Waals surface area contributed by atoms with Crippen molar-refractivity contribution in [2.45, 2.75) is 37.8 Å². The van der Waals surface area contributed by atoms with Gasteiger partial charge in [-0.3, -0.25) is 19.3 Å². The molecule has 1 amide bonds. The lowest BCUT2D eigenvalue weighted by Crippen LogP contribution is -2.44. The summed E-state index contributed by atoms with van der Waals surface area (Å²) in [5.74, 6) is 1.43. The first-order valence-corrected chi connectivity index (χ1v) is 11.8. The van der Waals surface area contributed by atoms with Gasteiger partial charge in [0.15, 0.2) is 5.82 Å². The number of amides is 1. The fraction of sp³-hybridized carbons (Fsp3) is 0.320. The Morgan fingerprint density at radius 2 is 2.00 bits per heavy atom. The van der Waals surface area contributed by atoms with Crippen molar-refractivity contribution < 1.29 is 9.53 Å². The molecule has 8 nitrogen and oxygen atoms in total. The first-order valence-electron chi connectivity index (χ1n) is 11.4. The molecular formula is C25H25ClN6O2. The quantitative estimate of drug-likeness (QED) is 0.560.